The van der Waals surface area contributed by atoms with Crippen molar-refractivity contribution in [1.29, 1.82) is 0 Å². The summed E-state index contributed by atoms with van der Waals surface area (Å²) in [5.41, 5.74) is 19.7. The van der Waals surface area contributed by atoms with Crippen molar-refractivity contribution in [2.45, 2.75) is 47.0 Å². The van der Waals surface area contributed by atoms with Crippen LogP contribution in [0.15, 0.2) is 164 Å². The topological polar surface area (TPSA) is 10.9 Å². The molecule has 0 saturated carbocycles. The lowest BCUT2D eigenvalue weighted by Crippen LogP contribution is -2.15. The molecule has 1 aliphatic carbocycles. The Balaban J connectivity index is 1.18. The fourth-order valence-corrected chi connectivity index (χ4v) is 10.1. The van der Waals surface area contributed by atoms with Crippen LogP contribution in [0.2, 0.25) is 0 Å². The number of anilines is 6. The zero-order valence-corrected chi connectivity index (χ0v) is 33.9. The Bertz CT molecular complexity index is 3180. The summed E-state index contributed by atoms with van der Waals surface area (Å²) in [4.78, 5) is 4.83. The summed E-state index contributed by atoms with van der Waals surface area (Å²) in [5.74, 6) is 0. The van der Waals surface area contributed by atoms with Gasteiger partial charge >= 0.3 is 0 Å². The van der Waals surface area contributed by atoms with Gasteiger partial charge in [-0.2, -0.15) is 0 Å². The van der Waals surface area contributed by atoms with E-state index in [2.05, 4.69) is 220 Å². The van der Waals surface area contributed by atoms with Crippen molar-refractivity contribution >= 4 is 72.1 Å². The largest absolute Gasteiger partial charge is 0.310 e. The van der Waals surface area contributed by atoms with Crippen LogP contribution in [0.3, 0.4) is 0 Å². The minimum absolute atomic E-state index is 0.200. The first kappa shape index (κ1) is 34.4. The maximum atomic E-state index is 2.60. The van der Waals surface area contributed by atoms with Gasteiger partial charge in [0.2, 0.25) is 0 Å². The van der Waals surface area contributed by atoms with Crippen LogP contribution in [0.5, 0.6) is 0 Å². The average molecular weight is 748 g/mol. The molecule has 11 rings (SSSR count). The first-order valence-electron chi connectivity index (χ1n) is 20.4. The predicted molar refractivity (Wildman–Crippen MR) is 247 cm³/mol. The summed E-state index contributed by atoms with van der Waals surface area (Å²) in [6, 6.07) is 61.2. The van der Waals surface area contributed by atoms with E-state index in [1.807, 2.05) is 0 Å². The van der Waals surface area contributed by atoms with Gasteiger partial charge in [-0.05, 0) is 157 Å². The molecule has 3 nitrogen and oxygen atoms in total. The second-order valence-electron chi connectivity index (χ2n) is 17.0. The predicted octanol–water partition coefficient (Wildman–Crippen LogP) is 15.3. The molecule has 0 unspecified atom stereocenters. The van der Waals surface area contributed by atoms with E-state index in [0.29, 0.717) is 0 Å². The molecule has 0 amide bonds. The third-order valence-corrected chi connectivity index (χ3v) is 12.6. The van der Waals surface area contributed by atoms with Crippen molar-refractivity contribution in [1.82, 2.24) is 4.40 Å². The van der Waals surface area contributed by atoms with Crippen LogP contribution in [0.1, 0.15) is 47.2 Å². The van der Waals surface area contributed by atoms with Crippen LogP contribution in [0.4, 0.5) is 34.1 Å². The molecule has 10 aromatic rings. The third-order valence-electron chi connectivity index (χ3n) is 12.6. The zero-order valence-electron chi connectivity index (χ0n) is 33.9. The quantitative estimate of drug-likeness (QED) is 0.168. The lowest BCUT2D eigenvalue weighted by atomic mass is 9.81. The van der Waals surface area contributed by atoms with Gasteiger partial charge in [-0.15, -0.1) is 0 Å². The second-order valence-corrected chi connectivity index (χ2v) is 17.0. The zero-order chi connectivity index (χ0) is 39.4. The number of hydrogen-bond acceptors (Lipinski definition) is 2. The summed E-state index contributed by atoms with van der Waals surface area (Å²) < 4.78 is 2.60. The number of aromatic nitrogens is 1. The Labute approximate surface area is 340 Å². The van der Waals surface area contributed by atoms with Gasteiger partial charge in [-0.25, -0.2) is 0 Å². The highest BCUT2D eigenvalue weighted by atomic mass is 15.1. The van der Waals surface area contributed by atoms with Crippen LogP contribution in [-0.4, -0.2) is 4.40 Å². The second kappa shape index (κ2) is 12.6. The number of para-hydroxylation sites is 1. The standard InChI is InChI=1S/C55H45N3/c1-34-13-9-17-39(27-34)56(40-18-10-14-35(2)28-40)43-24-23-38-31-48-52-54(58-50-22-8-7-21-45(50)51(53(48)58)46(38)32-43)47-33-44(25-26-49(47)55(52,5)6)57(41-19-11-15-36(3)29-41)42-20-12-16-37(4)30-42/h7-33H,1-6H3. The molecule has 280 valence electrons. The van der Waals surface area contributed by atoms with Gasteiger partial charge in [0.1, 0.15) is 0 Å². The van der Waals surface area contributed by atoms with Gasteiger partial charge in [0.25, 0.3) is 0 Å². The monoisotopic (exact) mass is 747 g/mol. The number of fused-ring (bicyclic) bond motifs is 10. The third kappa shape index (κ3) is 5.06. The first-order valence-corrected chi connectivity index (χ1v) is 20.4. The molecule has 0 N–H and O–H groups in total. The van der Waals surface area contributed by atoms with Crippen molar-refractivity contribution in [3.8, 4) is 11.3 Å². The summed E-state index contributed by atoms with van der Waals surface area (Å²) in [7, 11) is 0. The Morgan fingerprint density at radius 2 is 0.931 bits per heavy atom. The molecule has 0 aliphatic heterocycles. The van der Waals surface area contributed by atoms with E-state index in [0.717, 1.165) is 34.1 Å². The molecule has 2 heterocycles. The van der Waals surface area contributed by atoms with E-state index in [1.54, 1.807) is 0 Å². The van der Waals surface area contributed by atoms with Crippen molar-refractivity contribution < 1.29 is 0 Å². The molecule has 0 radical (unpaired) electrons. The maximum Gasteiger partial charge on any atom is 0.0624 e. The SMILES string of the molecule is Cc1cccc(N(c2cccc(C)c2)c2ccc3c(c2)-c2c(c4cc5ccc(N(c6cccc(C)c6)c6cccc(C)c6)cc5c5c6ccccc6n2c45)C3(C)C)c1. The number of benzene rings is 8. The number of nitrogens with zero attached hydrogens (tertiary/aromatic N) is 3. The highest BCUT2D eigenvalue weighted by Gasteiger charge is 2.41. The fourth-order valence-electron chi connectivity index (χ4n) is 10.1. The molecule has 0 saturated heterocycles. The lowest BCUT2D eigenvalue weighted by Gasteiger charge is -2.28. The molecular weight excluding hydrogens is 703 g/mol. The molecule has 1 aliphatic rings. The molecule has 0 atom stereocenters. The van der Waals surface area contributed by atoms with E-state index >= 15 is 0 Å². The normalized spacial score (nSPS) is 13.1. The van der Waals surface area contributed by atoms with Crippen molar-refractivity contribution in [2.24, 2.45) is 0 Å². The Hall–Kier alpha value is -6.84. The summed E-state index contributed by atoms with van der Waals surface area (Å²) in [5, 5.41) is 6.48. The van der Waals surface area contributed by atoms with Crippen LogP contribution in [0, 0.1) is 27.7 Å². The Morgan fingerprint density at radius 3 is 1.48 bits per heavy atom. The average Bonchev–Trinajstić information content (AvgIpc) is 3.81. The minimum atomic E-state index is -0.200. The van der Waals surface area contributed by atoms with Gasteiger partial charge < -0.3 is 14.2 Å². The molecular formula is C55H45N3. The molecule has 0 fully saturated rings. The molecule has 0 spiro atoms. The van der Waals surface area contributed by atoms with Gasteiger partial charge in [0, 0.05) is 61.3 Å². The van der Waals surface area contributed by atoms with Crippen molar-refractivity contribution in [3.63, 3.8) is 0 Å². The summed E-state index contributed by atoms with van der Waals surface area (Å²) >= 11 is 0. The lowest BCUT2D eigenvalue weighted by molar-refractivity contribution is 0.666. The smallest absolute Gasteiger partial charge is 0.0624 e. The van der Waals surface area contributed by atoms with Gasteiger partial charge in [0.15, 0.2) is 0 Å². The Kier molecular flexibility index (Phi) is 7.46. The van der Waals surface area contributed by atoms with E-state index < -0.39 is 0 Å². The molecule has 58 heavy (non-hydrogen) atoms. The molecule has 3 heteroatoms. The summed E-state index contributed by atoms with van der Waals surface area (Å²) in [6.45, 7) is 13.5. The molecule has 8 aromatic carbocycles. The highest BCUT2D eigenvalue weighted by molar-refractivity contribution is 6.28. The number of aryl methyl sites for hydroxylation is 4. The molecule has 0 bridgehead atoms. The Morgan fingerprint density at radius 1 is 0.431 bits per heavy atom. The molecule has 2 aromatic heterocycles. The van der Waals surface area contributed by atoms with Gasteiger partial charge in [-0.3, -0.25) is 0 Å². The maximum absolute atomic E-state index is 2.60. The van der Waals surface area contributed by atoms with Gasteiger partial charge in [-0.1, -0.05) is 92.7 Å². The fraction of sp³-hybridized carbons (Fsp3) is 0.127. The highest BCUT2D eigenvalue weighted by Crippen LogP contribution is 2.57. The van der Waals surface area contributed by atoms with Gasteiger partial charge in [0.05, 0.1) is 16.7 Å². The van der Waals surface area contributed by atoms with Crippen molar-refractivity contribution in [3.05, 3.63) is 197 Å². The van der Waals surface area contributed by atoms with E-state index in [9.17, 15) is 0 Å². The summed E-state index contributed by atoms with van der Waals surface area (Å²) in [6.07, 6.45) is 0. The van der Waals surface area contributed by atoms with Crippen LogP contribution in [-0.2, 0) is 5.41 Å². The van der Waals surface area contributed by atoms with Crippen LogP contribution in [0.25, 0.3) is 49.2 Å². The van der Waals surface area contributed by atoms with E-state index in [1.165, 1.54) is 82.6 Å². The number of hydrogen-bond donors (Lipinski definition) is 0. The number of rotatable bonds is 6. The van der Waals surface area contributed by atoms with E-state index in [4.69, 9.17) is 0 Å². The van der Waals surface area contributed by atoms with E-state index in [-0.39, 0.29) is 5.41 Å². The minimum Gasteiger partial charge on any atom is -0.310 e. The van der Waals surface area contributed by atoms with Crippen molar-refractivity contribution in [2.75, 3.05) is 9.80 Å². The first-order chi connectivity index (χ1) is 28.2. The van der Waals surface area contributed by atoms with Crippen LogP contribution < -0.4 is 9.80 Å². The van der Waals surface area contributed by atoms with Crippen LogP contribution >= 0.6 is 0 Å².